The lowest BCUT2D eigenvalue weighted by molar-refractivity contribution is 0.0932. The second kappa shape index (κ2) is 9.52. The van der Waals surface area contributed by atoms with Gasteiger partial charge in [0, 0.05) is 20.2 Å². The van der Waals surface area contributed by atoms with Crippen LogP contribution < -0.4 is 15.4 Å². The second-order valence-corrected chi connectivity index (χ2v) is 5.21. The molecule has 2 N–H and O–H groups in total. The third-order valence-corrected chi connectivity index (χ3v) is 3.46. The molecule has 128 valence electrons. The van der Waals surface area contributed by atoms with Crippen molar-refractivity contribution in [3.63, 3.8) is 0 Å². The van der Waals surface area contributed by atoms with Crippen molar-refractivity contribution in [2.45, 2.75) is 6.42 Å². The predicted molar refractivity (Wildman–Crippen MR) is 93.6 cm³/mol. The number of amides is 1. The molecule has 0 atom stereocenters. The van der Waals surface area contributed by atoms with Crippen LogP contribution in [0.3, 0.4) is 0 Å². The smallest absolute Gasteiger partial charge is 0.269 e. The van der Waals surface area contributed by atoms with Crippen molar-refractivity contribution >= 4 is 11.6 Å². The van der Waals surface area contributed by atoms with Gasteiger partial charge in [-0.05, 0) is 36.2 Å². The number of nitrogens with zero attached hydrogens (tertiary/aromatic N) is 1. The van der Waals surface area contributed by atoms with Crippen molar-refractivity contribution in [1.82, 2.24) is 10.3 Å². The van der Waals surface area contributed by atoms with Crippen molar-refractivity contribution in [1.29, 1.82) is 0 Å². The van der Waals surface area contributed by atoms with E-state index in [-0.39, 0.29) is 5.91 Å². The second-order valence-electron chi connectivity index (χ2n) is 5.21. The van der Waals surface area contributed by atoms with Crippen LogP contribution in [0.1, 0.15) is 16.1 Å². The molecule has 2 aromatic rings. The van der Waals surface area contributed by atoms with E-state index in [1.807, 2.05) is 24.3 Å². The molecule has 6 nitrogen and oxygen atoms in total. The molecule has 0 unspecified atom stereocenters. The van der Waals surface area contributed by atoms with Gasteiger partial charge in [-0.3, -0.25) is 4.79 Å². The third kappa shape index (κ3) is 5.55. The molecule has 6 heteroatoms. The van der Waals surface area contributed by atoms with Crippen LogP contribution in [0, 0.1) is 0 Å². The number of hydrogen-bond acceptors (Lipinski definition) is 5. The minimum absolute atomic E-state index is 0.199. The highest BCUT2D eigenvalue weighted by atomic mass is 16.5. The van der Waals surface area contributed by atoms with Crippen molar-refractivity contribution < 1.29 is 14.3 Å². The normalized spacial score (nSPS) is 10.2. The van der Waals surface area contributed by atoms with Gasteiger partial charge in [0.15, 0.2) is 0 Å². The van der Waals surface area contributed by atoms with E-state index in [1.165, 1.54) is 5.56 Å². The van der Waals surface area contributed by atoms with Crippen molar-refractivity contribution in [2.75, 3.05) is 39.2 Å². The number of carbonyl (C=O) groups excluding carboxylic acids is 1. The summed E-state index contributed by atoms with van der Waals surface area (Å²) in [4.78, 5) is 16.0. The molecular formula is C18H23N3O3. The fraction of sp³-hybridized carbons (Fsp3) is 0.333. The summed E-state index contributed by atoms with van der Waals surface area (Å²) >= 11 is 0. The van der Waals surface area contributed by atoms with E-state index in [0.29, 0.717) is 18.8 Å². The largest absolute Gasteiger partial charge is 0.497 e. The summed E-state index contributed by atoms with van der Waals surface area (Å²) in [5, 5.41) is 6.03. The minimum atomic E-state index is -0.199. The molecule has 0 aliphatic rings. The van der Waals surface area contributed by atoms with Crippen LogP contribution in [0.15, 0.2) is 42.6 Å². The van der Waals surface area contributed by atoms with Crippen LogP contribution >= 0.6 is 0 Å². The van der Waals surface area contributed by atoms with Crippen molar-refractivity contribution in [3.05, 3.63) is 53.9 Å². The summed E-state index contributed by atoms with van der Waals surface area (Å²) in [6, 6.07) is 11.5. The van der Waals surface area contributed by atoms with E-state index in [1.54, 1.807) is 26.5 Å². The summed E-state index contributed by atoms with van der Waals surface area (Å²) in [5.41, 5.74) is 2.47. The number of aromatic nitrogens is 1. The van der Waals surface area contributed by atoms with Gasteiger partial charge in [-0.25, -0.2) is 4.98 Å². The first kappa shape index (κ1) is 17.7. The first-order valence-electron chi connectivity index (χ1n) is 7.83. The maximum Gasteiger partial charge on any atom is 0.269 e. The topological polar surface area (TPSA) is 72.5 Å². The van der Waals surface area contributed by atoms with Gasteiger partial charge in [0.1, 0.15) is 11.4 Å². The molecule has 1 amide bonds. The van der Waals surface area contributed by atoms with Crippen molar-refractivity contribution in [3.8, 4) is 5.75 Å². The number of carbonyl (C=O) groups is 1. The molecule has 0 aliphatic carbocycles. The van der Waals surface area contributed by atoms with Gasteiger partial charge in [-0.1, -0.05) is 12.1 Å². The number of benzene rings is 1. The summed E-state index contributed by atoms with van der Waals surface area (Å²) in [6.45, 7) is 1.72. The highest BCUT2D eigenvalue weighted by Gasteiger charge is 2.06. The summed E-state index contributed by atoms with van der Waals surface area (Å²) < 4.78 is 10.1. The minimum Gasteiger partial charge on any atom is -0.497 e. The average molecular weight is 329 g/mol. The fourth-order valence-corrected chi connectivity index (χ4v) is 2.17. The van der Waals surface area contributed by atoms with Gasteiger partial charge in [0.25, 0.3) is 5.91 Å². The molecule has 1 heterocycles. The Morgan fingerprint density at radius 3 is 2.75 bits per heavy atom. The zero-order valence-electron chi connectivity index (χ0n) is 14.0. The molecule has 1 aromatic heterocycles. The van der Waals surface area contributed by atoms with E-state index in [2.05, 4.69) is 21.7 Å². The number of ether oxygens (including phenoxy) is 2. The van der Waals surface area contributed by atoms with Crippen LogP contribution in [0.2, 0.25) is 0 Å². The molecule has 1 aromatic carbocycles. The van der Waals surface area contributed by atoms with Gasteiger partial charge < -0.3 is 20.1 Å². The van der Waals surface area contributed by atoms with Crippen molar-refractivity contribution in [2.24, 2.45) is 0 Å². The third-order valence-electron chi connectivity index (χ3n) is 3.46. The molecule has 0 radical (unpaired) electrons. The molecule has 0 spiro atoms. The standard InChI is InChI=1S/C18H23N3O3/c1-23-11-10-20-18(22)17-7-6-15(13-21-17)19-9-8-14-4-3-5-16(12-14)24-2/h3-7,12-13,19H,8-11H2,1-2H3,(H,20,22). The van der Waals surface area contributed by atoms with Crippen LogP contribution in [0.5, 0.6) is 5.75 Å². The van der Waals surface area contributed by atoms with Crippen LogP contribution in [-0.2, 0) is 11.2 Å². The van der Waals surface area contributed by atoms with Crippen LogP contribution in [0.25, 0.3) is 0 Å². The lowest BCUT2D eigenvalue weighted by Crippen LogP contribution is -2.27. The molecule has 0 saturated heterocycles. The molecule has 0 bridgehead atoms. The fourth-order valence-electron chi connectivity index (χ4n) is 2.17. The molecule has 0 aliphatic heterocycles. The number of rotatable bonds is 9. The Morgan fingerprint density at radius 2 is 2.04 bits per heavy atom. The van der Waals surface area contributed by atoms with Gasteiger partial charge in [0.2, 0.25) is 0 Å². The Balaban J connectivity index is 1.80. The molecular weight excluding hydrogens is 306 g/mol. The monoisotopic (exact) mass is 329 g/mol. The van der Waals surface area contributed by atoms with E-state index < -0.39 is 0 Å². The number of nitrogens with one attached hydrogen (secondary N) is 2. The molecule has 2 rings (SSSR count). The SMILES string of the molecule is COCCNC(=O)c1ccc(NCCc2cccc(OC)c2)cn1. The summed E-state index contributed by atoms with van der Waals surface area (Å²) in [6.07, 6.45) is 2.53. The van der Waals surface area contributed by atoms with Gasteiger partial charge in [-0.2, -0.15) is 0 Å². The Kier molecular flexibility index (Phi) is 7.04. The molecule has 24 heavy (non-hydrogen) atoms. The molecule has 0 fully saturated rings. The highest BCUT2D eigenvalue weighted by molar-refractivity contribution is 5.92. The average Bonchev–Trinajstić information content (AvgIpc) is 2.62. The Bertz CT molecular complexity index is 644. The number of pyridine rings is 1. The highest BCUT2D eigenvalue weighted by Crippen LogP contribution is 2.13. The first-order valence-corrected chi connectivity index (χ1v) is 7.83. The van der Waals surface area contributed by atoms with Crippen LogP contribution in [-0.4, -0.2) is 44.8 Å². The van der Waals surface area contributed by atoms with E-state index in [0.717, 1.165) is 24.4 Å². The predicted octanol–water partition coefficient (Wildman–Crippen LogP) is 2.12. The summed E-state index contributed by atoms with van der Waals surface area (Å²) in [5.74, 6) is 0.660. The number of methoxy groups -OCH3 is 2. The Morgan fingerprint density at radius 1 is 1.17 bits per heavy atom. The number of hydrogen-bond donors (Lipinski definition) is 2. The zero-order valence-corrected chi connectivity index (χ0v) is 14.0. The lowest BCUT2D eigenvalue weighted by atomic mass is 10.1. The maximum absolute atomic E-state index is 11.8. The first-order chi connectivity index (χ1) is 11.7. The van der Waals surface area contributed by atoms with Gasteiger partial charge in [0.05, 0.1) is 25.6 Å². The molecule has 0 saturated carbocycles. The quantitative estimate of drug-likeness (QED) is 0.690. The summed E-state index contributed by atoms with van der Waals surface area (Å²) in [7, 11) is 3.26. The van der Waals surface area contributed by atoms with Gasteiger partial charge >= 0.3 is 0 Å². The Labute approximate surface area is 142 Å². The maximum atomic E-state index is 11.8. The Hall–Kier alpha value is -2.60. The number of anilines is 1. The zero-order chi connectivity index (χ0) is 17.2. The lowest BCUT2D eigenvalue weighted by Gasteiger charge is -2.08. The van der Waals surface area contributed by atoms with Gasteiger partial charge in [-0.15, -0.1) is 0 Å². The van der Waals surface area contributed by atoms with E-state index >= 15 is 0 Å². The van der Waals surface area contributed by atoms with E-state index in [4.69, 9.17) is 9.47 Å². The van der Waals surface area contributed by atoms with Crippen LogP contribution in [0.4, 0.5) is 5.69 Å². The van der Waals surface area contributed by atoms with E-state index in [9.17, 15) is 4.79 Å².